The van der Waals surface area contributed by atoms with Gasteiger partial charge >= 0.3 is 0 Å². The Hall–Kier alpha value is -1.38. The summed E-state index contributed by atoms with van der Waals surface area (Å²) in [5.41, 5.74) is 1.70. The van der Waals surface area contributed by atoms with E-state index in [9.17, 15) is 4.79 Å². The Morgan fingerprint density at radius 1 is 1.12 bits per heavy atom. The molecule has 0 spiro atoms. The summed E-state index contributed by atoms with van der Waals surface area (Å²) in [7, 11) is 2.18. The van der Waals surface area contributed by atoms with Gasteiger partial charge in [0.05, 0.1) is 0 Å². The van der Waals surface area contributed by atoms with Gasteiger partial charge in [-0.3, -0.25) is 4.79 Å². The summed E-state index contributed by atoms with van der Waals surface area (Å²) in [6, 6.07) is 12.0. The van der Waals surface area contributed by atoms with Crippen LogP contribution in [0.2, 0.25) is 0 Å². The summed E-state index contributed by atoms with van der Waals surface area (Å²) in [4.78, 5) is 17.4. The number of aromatic nitrogens is 1. The number of halogens is 1. The van der Waals surface area contributed by atoms with Crippen molar-refractivity contribution in [2.45, 2.75) is 12.8 Å². The molecule has 1 aliphatic heterocycles. The van der Waals surface area contributed by atoms with Crippen LogP contribution in [0, 0.1) is 3.57 Å². The molecular formula is C20H27IN4O. The predicted octanol–water partition coefficient (Wildman–Crippen LogP) is 2.84. The number of hydrogen-bond donors (Lipinski definition) is 1. The fourth-order valence-electron chi connectivity index (χ4n) is 3.24. The molecule has 1 aromatic heterocycles. The maximum atomic E-state index is 12.5. The lowest BCUT2D eigenvalue weighted by atomic mass is 10.2. The third-order valence-electron chi connectivity index (χ3n) is 4.85. The molecule has 0 bridgehead atoms. The average Bonchev–Trinajstić information content (AvgIpc) is 3.13. The highest BCUT2D eigenvalue weighted by Gasteiger charge is 2.14. The Labute approximate surface area is 169 Å². The quantitative estimate of drug-likeness (QED) is 0.504. The SMILES string of the molecule is CN1CCN(CCCCNC(=O)c2cccn2-c2cccc(I)c2)CC1. The molecular weight excluding hydrogens is 439 g/mol. The van der Waals surface area contributed by atoms with E-state index in [2.05, 4.69) is 50.8 Å². The number of rotatable bonds is 7. The number of carbonyl (C=O) groups is 1. The van der Waals surface area contributed by atoms with Crippen LogP contribution in [0.25, 0.3) is 5.69 Å². The molecule has 0 aliphatic carbocycles. The number of nitrogens with zero attached hydrogens (tertiary/aromatic N) is 3. The van der Waals surface area contributed by atoms with E-state index in [1.165, 1.54) is 0 Å². The minimum absolute atomic E-state index is 0.00606. The van der Waals surface area contributed by atoms with Gasteiger partial charge < -0.3 is 19.7 Å². The molecule has 0 atom stereocenters. The molecule has 1 aliphatic rings. The normalized spacial score (nSPS) is 15.9. The third-order valence-corrected chi connectivity index (χ3v) is 5.52. The second-order valence-corrected chi connectivity index (χ2v) is 8.10. The molecule has 0 saturated carbocycles. The summed E-state index contributed by atoms with van der Waals surface area (Å²) in [6.07, 6.45) is 4.08. The van der Waals surface area contributed by atoms with Gasteiger partial charge in [0.25, 0.3) is 5.91 Å². The molecule has 1 fully saturated rings. The summed E-state index contributed by atoms with van der Waals surface area (Å²) in [6.45, 7) is 6.49. The van der Waals surface area contributed by atoms with E-state index in [1.807, 2.05) is 41.1 Å². The second-order valence-electron chi connectivity index (χ2n) is 6.85. The largest absolute Gasteiger partial charge is 0.351 e. The molecule has 140 valence electrons. The molecule has 1 saturated heterocycles. The number of nitrogens with one attached hydrogen (secondary N) is 1. The lowest BCUT2D eigenvalue weighted by Crippen LogP contribution is -2.44. The van der Waals surface area contributed by atoms with Crippen LogP contribution in [0.15, 0.2) is 42.6 Å². The van der Waals surface area contributed by atoms with Crippen molar-refractivity contribution >= 4 is 28.5 Å². The van der Waals surface area contributed by atoms with E-state index in [-0.39, 0.29) is 5.91 Å². The molecule has 26 heavy (non-hydrogen) atoms. The van der Waals surface area contributed by atoms with Crippen molar-refractivity contribution < 1.29 is 4.79 Å². The Morgan fingerprint density at radius 2 is 1.92 bits per heavy atom. The van der Waals surface area contributed by atoms with Crippen molar-refractivity contribution in [1.82, 2.24) is 19.7 Å². The van der Waals surface area contributed by atoms with Crippen molar-refractivity contribution in [1.29, 1.82) is 0 Å². The lowest BCUT2D eigenvalue weighted by Gasteiger charge is -2.32. The van der Waals surface area contributed by atoms with Crippen LogP contribution in [0.4, 0.5) is 0 Å². The zero-order valence-corrected chi connectivity index (χ0v) is 17.5. The van der Waals surface area contributed by atoms with Gasteiger partial charge in [-0.05, 0) is 79.4 Å². The van der Waals surface area contributed by atoms with E-state index < -0.39 is 0 Å². The number of unbranched alkanes of at least 4 members (excludes halogenated alkanes) is 1. The zero-order chi connectivity index (χ0) is 18.4. The van der Waals surface area contributed by atoms with E-state index in [4.69, 9.17) is 0 Å². The number of likely N-dealkylation sites (N-methyl/N-ethyl adjacent to an activating group) is 1. The van der Waals surface area contributed by atoms with E-state index in [0.717, 1.165) is 61.4 Å². The molecule has 2 heterocycles. The van der Waals surface area contributed by atoms with Crippen LogP contribution in [0.3, 0.4) is 0 Å². The molecule has 1 N–H and O–H groups in total. The van der Waals surface area contributed by atoms with Gasteiger partial charge in [0.15, 0.2) is 0 Å². The molecule has 1 amide bonds. The first-order chi connectivity index (χ1) is 12.6. The Kier molecular flexibility index (Phi) is 7.10. The van der Waals surface area contributed by atoms with Crippen molar-refractivity contribution in [2.75, 3.05) is 46.3 Å². The molecule has 2 aromatic rings. The minimum atomic E-state index is -0.00606. The Balaban J connectivity index is 1.44. The fourth-order valence-corrected chi connectivity index (χ4v) is 3.77. The predicted molar refractivity (Wildman–Crippen MR) is 114 cm³/mol. The second kappa shape index (κ2) is 9.53. The monoisotopic (exact) mass is 466 g/mol. The summed E-state index contributed by atoms with van der Waals surface area (Å²) in [5, 5.41) is 3.07. The Morgan fingerprint density at radius 3 is 2.69 bits per heavy atom. The van der Waals surface area contributed by atoms with E-state index >= 15 is 0 Å². The number of benzene rings is 1. The minimum Gasteiger partial charge on any atom is -0.351 e. The smallest absolute Gasteiger partial charge is 0.268 e. The maximum absolute atomic E-state index is 12.5. The van der Waals surface area contributed by atoms with E-state index in [1.54, 1.807) is 0 Å². The highest BCUT2D eigenvalue weighted by Crippen LogP contribution is 2.15. The average molecular weight is 466 g/mol. The van der Waals surface area contributed by atoms with Crippen LogP contribution in [-0.2, 0) is 0 Å². The van der Waals surface area contributed by atoms with Crippen molar-refractivity contribution in [2.24, 2.45) is 0 Å². The van der Waals surface area contributed by atoms with Gasteiger partial charge in [-0.25, -0.2) is 0 Å². The topological polar surface area (TPSA) is 40.5 Å². The molecule has 0 unspecified atom stereocenters. The van der Waals surface area contributed by atoms with Gasteiger partial charge in [-0.1, -0.05) is 6.07 Å². The summed E-state index contributed by atoms with van der Waals surface area (Å²) >= 11 is 2.29. The summed E-state index contributed by atoms with van der Waals surface area (Å²) in [5.74, 6) is -0.00606. The zero-order valence-electron chi connectivity index (χ0n) is 15.3. The summed E-state index contributed by atoms with van der Waals surface area (Å²) < 4.78 is 3.10. The van der Waals surface area contributed by atoms with Gasteiger partial charge in [-0.15, -0.1) is 0 Å². The fraction of sp³-hybridized carbons (Fsp3) is 0.450. The van der Waals surface area contributed by atoms with Crippen LogP contribution in [0.5, 0.6) is 0 Å². The maximum Gasteiger partial charge on any atom is 0.268 e. The first-order valence-corrected chi connectivity index (χ1v) is 10.3. The van der Waals surface area contributed by atoms with Crippen molar-refractivity contribution in [3.8, 4) is 5.69 Å². The molecule has 3 rings (SSSR count). The first kappa shape index (κ1) is 19.4. The van der Waals surface area contributed by atoms with Crippen molar-refractivity contribution in [3.05, 3.63) is 51.9 Å². The standard InChI is InChI=1S/C20H27IN4O/c1-23-12-14-24(15-13-23)10-3-2-9-22-20(26)19-8-5-11-25(19)18-7-4-6-17(21)16-18/h4-8,11,16H,2-3,9-10,12-15H2,1H3,(H,22,26). The van der Waals surface area contributed by atoms with Gasteiger partial charge in [-0.2, -0.15) is 0 Å². The highest BCUT2D eigenvalue weighted by atomic mass is 127. The van der Waals surface area contributed by atoms with Crippen LogP contribution < -0.4 is 5.32 Å². The van der Waals surface area contributed by atoms with E-state index in [0.29, 0.717) is 5.69 Å². The molecule has 5 nitrogen and oxygen atoms in total. The number of hydrogen-bond acceptors (Lipinski definition) is 3. The number of piperazine rings is 1. The Bertz CT molecular complexity index is 722. The van der Waals surface area contributed by atoms with Crippen LogP contribution in [-0.4, -0.2) is 66.6 Å². The third kappa shape index (κ3) is 5.31. The van der Waals surface area contributed by atoms with Gasteiger partial charge in [0.1, 0.15) is 5.69 Å². The molecule has 6 heteroatoms. The van der Waals surface area contributed by atoms with Crippen LogP contribution >= 0.6 is 22.6 Å². The van der Waals surface area contributed by atoms with Crippen molar-refractivity contribution in [3.63, 3.8) is 0 Å². The molecule has 0 radical (unpaired) electrons. The number of amides is 1. The van der Waals surface area contributed by atoms with Gasteiger partial charge in [0.2, 0.25) is 0 Å². The molecule has 1 aromatic carbocycles. The van der Waals surface area contributed by atoms with Gasteiger partial charge in [0, 0.05) is 48.2 Å². The number of carbonyl (C=O) groups excluding carboxylic acids is 1. The lowest BCUT2D eigenvalue weighted by molar-refractivity contribution is 0.0945. The van der Waals surface area contributed by atoms with Crippen LogP contribution in [0.1, 0.15) is 23.3 Å². The highest BCUT2D eigenvalue weighted by molar-refractivity contribution is 14.1. The first-order valence-electron chi connectivity index (χ1n) is 9.26.